The van der Waals surface area contributed by atoms with Crippen LogP contribution in [0, 0.1) is 24.6 Å². The first-order chi connectivity index (χ1) is 19.7. The zero-order valence-corrected chi connectivity index (χ0v) is 24.7. The van der Waals surface area contributed by atoms with Crippen LogP contribution >= 0.6 is 11.3 Å². The van der Waals surface area contributed by atoms with E-state index in [0.717, 1.165) is 48.9 Å². The van der Waals surface area contributed by atoms with Gasteiger partial charge < -0.3 is 10.4 Å². The highest BCUT2D eigenvalue weighted by atomic mass is 32.1. The normalized spacial score (nSPS) is 21.9. The van der Waals surface area contributed by atoms with Crippen molar-refractivity contribution in [2.45, 2.75) is 72.3 Å². The van der Waals surface area contributed by atoms with Gasteiger partial charge in [0.15, 0.2) is 11.6 Å². The minimum absolute atomic E-state index is 0.0461. The van der Waals surface area contributed by atoms with E-state index in [1.165, 1.54) is 27.8 Å². The molecular formula is C32H37FN4O3S. The number of aromatic nitrogens is 2. The lowest BCUT2D eigenvalue weighted by atomic mass is 9.85. The van der Waals surface area contributed by atoms with Crippen molar-refractivity contribution in [3.8, 4) is 0 Å². The number of aliphatic hydroxyl groups excluding tert-OH is 1. The monoisotopic (exact) mass is 576 g/mol. The van der Waals surface area contributed by atoms with Crippen LogP contribution in [-0.4, -0.2) is 38.9 Å². The Morgan fingerprint density at radius 3 is 2.76 bits per heavy atom. The van der Waals surface area contributed by atoms with E-state index in [0.29, 0.717) is 41.7 Å². The van der Waals surface area contributed by atoms with Crippen LogP contribution in [-0.2, 0) is 24.2 Å². The molecular weight excluding hydrogens is 539 g/mol. The number of thiophene rings is 1. The summed E-state index contributed by atoms with van der Waals surface area (Å²) < 4.78 is 16.6. The summed E-state index contributed by atoms with van der Waals surface area (Å²) in [6.45, 7) is 6.49. The number of carbonyl (C=O) groups excluding carboxylic acids is 2. The predicted octanol–water partition coefficient (Wildman–Crippen LogP) is 6.70. The van der Waals surface area contributed by atoms with Gasteiger partial charge in [0.25, 0.3) is 5.91 Å². The van der Waals surface area contributed by atoms with Crippen LogP contribution in [0.25, 0.3) is 5.57 Å². The minimum Gasteiger partial charge on any atom is -0.394 e. The Balaban J connectivity index is 1.49. The highest BCUT2D eigenvalue weighted by Crippen LogP contribution is 2.34. The molecule has 0 spiro atoms. The highest BCUT2D eigenvalue weighted by molar-refractivity contribution is 7.14. The first-order valence-corrected chi connectivity index (χ1v) is 15.2. The molecule has 2 aromatic heterocycles. The maximum absolute atomic E-state index is 15.0. The quantitative estimate of drug-likeness (QED) is 0.341. The van der Waals surface area contributed by atoms with E-state index >= 15 is 0 Å². The largest absolute Gasteiger partial charge is 0.394 e. The highest BCUT2D eigenvalue weighted by Gasteiger charge is 2.23. The fraction of sp³-hybridized carbons (Fsp3) is 0.438. The fourth-order valence-electron chi connectivity index (χ4n) is 5.52. The Labute approximate surface area is 244 Å². The van der Waals surface area contributed by atoms with Crippen molar-refractivity contribution in [3.05, 3.63) is 68.8 Å². The van der Waals surface area contributed by atoms with Crippen molar-refractivity contribution in [2.24, 2.45) is 16.8 Å². The van der Waals surface area contributed by atoms with Crippen molar-refractivity contribution in [2.75, 3.05) is 11.9 Å². The number of nitrogens with one attached hydrogen (secondary N) is 1. The molecule has 2 unspecified atom stereocenters. The standard InChI is InChI=1S/C32H37FN4O3S/c1-19-8-11-28(39)27(34-31-15-21(3)37(36-31)12-13-38)17-24(14-20(19)2)22-9-10-25(33)26(16-22)35-32(40)30-18-23-6-4-5-7-29(23)41-30/h9-10,15-20,38H,4-8,11-14H2,1-3H3,(H,35,40)/b24-17+,34-27?. The van der Waals surface area contributed by atoms with Gasteiger partial charge in [-0.3, -0.25) is 14.3 Å². The van der Waals surface area contributed by atoms with E-state index in [1.54, 1.807) is 29.0 Å². The number of Topliss-reactive ketones (excluding diaryl/α,β-unsaturated/α-hetero) is 1. The molecule has 1 aromatic carbocycles. The van der Waals surface area contributed by atoms with Crippen molar-refractivity contribution >= 4 is 45.8 Å². The van der Waals surface area contributed by atoms with E-state index in [1.807, 2.05) is 13.0 Å². The van der Waals surface area contributed by atoms with Gasteiger partial charge in [-0.25, -0.2) is 9.38 Å². The van der Waals surface area contributed by atoms with Gasteiger partial charge >= 0.3 is 0 Å². The molecule has 41 heavy (non-hydrogen) atoms. The van der Waals surface area contributed by atoms with Crippen LogP contribution in [0.4, 0.5) is 15.9 Å². The van der Waals surface area contributed by atoms with Gasteiger partial charge in [0, 0.05) is 23.1 Å². The van der Waals surface area contributed by atoms with E-state index in [-0.39, 0.29) is 29.9 Å². The lowest BCUT2D eigenvalue weighted by Gasteiger charge is -2.20. The number of hydrogen-bond acceptors (Lipinski definition) is 6. The van der Waals surface area contributed by atoms with Crippen molar-refractivity contribution in [1.82, 2.24) is 9.78 Å². The number of ketones is 1. The molecule has 7 nitrogen and oxygen atoms in total. The average molecular weight is 577 g/mol. The molecule has 0 saturated heterocycles. The van der Waals surface area contributed by atoms with Gasteiger partial charge in [0.2, 0.25) is 0 Å². The summed E-state index contributed by atoms with van der Waals surface area (Å²) in [7, 11) is 0. The van der Waals surface area contributed by atoms with Gasteiger partial charge in [-0.1, -0.05) is 19.9 Å². The maximum Gasteiger partial charge on any atom is 0.265 e. The zero-order valence-electron chi connectivity index (χ0n) is 23.9. The number of amides is 1. The minimum atomic E-state index is -0.511. The van der Waals surface area contributed by atoms with Crippen LogP contribution in [0.15, 0.2) is 41.4 Å². The predicted molar refractivity (Wildman–Crippen MR) is 162 cm³/mol. The molecule has 2 heterocycles. The second-order valence-corrected chi connectivity index (χ2v) is 12.4. The number of carbonyl (C=O) groups is 2. The second-order valence-electron chi connectivity index (χ2n) is 11.3. The molecule has 216 valence electrons. The molecule has 1 amide bonds. The molecule has 9 heteroatoms. The molecule has 0 fully saturated rings. The first kappa shape index (κ1) is 29.1. The van der Waals surface area contributed by atoms with Crippen molar-refractivity contribution in [1.29, 1.82) is 0 Å². The Morgan fingerprint density at radius 1 is 1.17 bits per heavy atom. The van der Waals surface area contributed by atoms with E-state index in [4.69, 9.17) is 0 Å². The Morgan fingerprint density at radius 2 is 1.98 bits per heavy atom. The Kier molecular flexibility index (Phi) is 8.94. The van der Waals surface area contributed by atoms with Crippen LogP contribution in [0.1, 0.15) is 77.3 Å². The third kappa shape index (κ3) is 6.73. The van der Waals surface area contributed by atoms with E-state index in [9.17, 15) is 19.1 Å². The lowest BCUT2D eigenvalue weighted by Crippen LogP contribution is -2.13. The SMILES string of the molecule is Cc1cc(N=C2/C=C(/c3ccc(F)c(NC(=O)c4cc5c(s4)CCCC5)c3)CC(C)C(C)CCC2=O)nn1CCO. The van der Waals surface area contributed by atoms with E-state index in [2.05, 4.69) is 29.3 Å². The van der Waals surface area contributed by atoms with E-state index < -0.39 is 5.82 Å². The zero-order chi connectivity index (χ0) is 29.1. The molecule has 2 N–H and O–H groups in total. The molecule has 0 bridgehead atoms. The van der Waals surface area contributed by atoms with Gasteiger partial charge in [-0.15, -0.1) is 11.3 Å². The summed E-state index contributed by atoms with van der Waals surface area (Å²) in [5.41, 5.74) is 4.07. The van der Waals surface area contributed by atoms with Crippen LogP contribution < -0.4 is 5.32 Å². The lowest BCUT2D eigenvalue weighted by molar-refractivity contribution is -0.113. The fourth-order valence-corrected chi connectivity index (χ4v) is 6.67. The smallest absolute Gasteiger partial charge is 0.265 e. The molecule has 0 aliphatic heterocycles. The summed E-state index contributed by atoms with van der Waals surface area (Å²) in [4.78, 5) is 32.9. The Bertz CT molecular complexity index is 1500. The average Bonchev–Trinajstić information content (AvgIpc) is 3.55. The molecule has 2 aliphatic rings. The summed E-state index contributed by atoms with van der Waals surface area (Å²) in [6.07, 6.45) is 7.82. The molecule has 0 saturated carbocycles. The molecule has 5 rings (SSSR count). The summed E-state index contributed by atoms with van der Waals surface area (Å²) in [5.74, 6) is 0.0914. The number of nitrogens with zero attached hydrogens (tertiary/aromatic N) is 3. The second kappa shape index (κ2) is 12.6. The Hall–Kier alpha value is -3.43. The number of benzene rings is 1. The third-order valence-corrected chi connectivity index (χ3v) is 9.49. The van der Waals surface area contributed by atoms with Crippen LogP contribution in [0.2, 0.25) is 0 Å². The summed E-state index contributed by atoms with van der Waals surface area (Å²) >= 11 is 1.50. The molecule has 0 radical (unpaired) electrons. The number of aliphatic hydroxyl groups is 1. The molecule has 2 atom stereocenters. The molecule has 2 aliphatic carbocycles. The van der Waals surface area contributed by atoms with Gasteiger partial charge in [-0.05, 0) is 98.3 Å². The van der Waals surface area contributed by atoms with Crippen molar-refractivity contribution < 1.29 is 19.1 Å². The summed E-state index contributed by atoms with van der Waals surface area (Å²) in [6, 6.07) is 8.44. The van der Waals surface area contributed by atoms with Gasteiger partial charge in [0.1, 0.15) is 11.5 Å². The number of aliphatic imine (C=N–C) groups is 1. The van der Waals surface area contributed by atoms with Gasteiger partial charge in [0.05, 0.1) is 23.7 Å². The van der Waals surface area contributed by atoms with Crippen LogP contribution in [0.5, 0.6) is 0 Å². The number of aryl methyl sites for hydroxylation is 3. The number of allylic oxidation sites excluding steroid dienone is 2. The topological polar surface area (TPSA) is 96.6 Å². The van der Waals surface area contributed by atoms with Crippen molar-refractivity contribution in [3.63, 3.8) is 0 Å². The number of rotatable bonds is 6. The summed E-state index contributed by atoms with van der Waals surface area (Å²) in [5, 5.41) is 16.5. The number of halogens is 1. The first-order valence-electron chi connectivity index (χ1n) is 14.4. The number of anilines is 1. The molecule has 3 aromatic rings. The van der Waals surface area contributed by atoms with Crippen LogP contribution in [0.3, 0.4) is 0 Å². The number of fused-ring (bicyclic) bond motifs is 1. The van der Waals surface area contributed by atoms with Gasteiger partial charge in [-0.2, -0.15) is 5.10 Å². The maximum atomic E-state index is 15.0. The third-order valence-electron chi connectivity index (χ3n) is 8.26. The number of hydrogen-bond donors (Lipinski definition) is 2.